The van der Waals surface area contributed by atoms with Gasteiger partial charge in [0.2, 0.25) is 11.6 Å². The number of aryl methyl sites for hydroxylation is 2. The molecule has 0 amide bonds. The van der Waals surface area contributed by atoms with E-state index in [1.54, 1.807) is 23.0 Å². The highest BCUT2D eigenvalue weighted by Crippen LogP contribution is 2.32. The van der Waals surface area contributed by atoms with Gasteiger partial charge in [0.05, 0.1) is 22.2 Å². The van der Waals surface area contributed by atoms with Crippen molar-refractivity contribution in [3.05, 3.63) is 54.7 Å². The minimum atomic E-state index is -0.277. The van der Waals surface area contributed by atoms with Crippen molar-refractivity contribution in [2.24, 2.45) is 0 Å². The van der Waals surface area contributed by atoms with Crippen LogP contribution >= 0.6 is 22.7 Å². The fourth-order valence-corrected chi connectivity index (χ4v) is 6.40. The maximum absolute atomic E-state index is 12.9. The zero-order chi connectivity index (χ0) is 24.3. The highest BCUT2D eigenvalue weighted by molar-refractivity contribution is 7.14. The number of carbonyl (C=O) groups is 4. The molecule has 0 saturated heterocycles. The Bertz CT molecular complexity index is 1290. The molecule has 3 aliphatic carbocycles. The third kappa shape index (κ3) is 3.57. The van der Waals surface area contributed by atoms with Gasteiger partial charge in [-0.1, -0.05) is 0 Å². The fourth-order valence-electron chi connectivity index (χ4n) is 4.75. The molecule has 172 valence electrons. The second kappa shape index (κ2) is 8.21. The van der Waals surface area contributed by atoms with Crippen molar-refractivity contribution in [1.82, 2.24) is 9.97 Å². The summed E-state index contributed by atoms with van der Waals surface area (Å²) in [5, 5.41) is 1.36. The maximum Gasteiger partial charge on any atom is 0.276 e. The van der Waals surface area contributed by atoms with Gasteiger partial charge in [-0.3, -0.25) is 19.2 Å². The van der Waals surface area contributed by atoms with Gasteiger partial charge in [-0.05, 0) is 13.8 Å². The molecule has 34 heavy (non-hydrogen) atoms. The summed E-state index contributed by atoms with van der Waals surface area (Å²) in [7, 11) is 0. The van der Waals surface area contributed by atoms with Gasteiger partial charge in [0.1, 0.15) is 34.6 Å². The Morgan fingerprint density at radius 3 is 1.44 bits per heavy atom. The van der Waals surface area contributed by atoms with E-state index in [9.17, 15) is 19.2 Å². The molecule has 0 bridgehead atoms. The lowest BCUT2D eigenvalue weighted by molar-refractivity contribution is -0.536. The van der Waals surface area contributed by atoms with Crippen LogP contribution in [0, 0.1) is 13.8 Å². The summed E-state index contributed by atoms with van der Waals surface area (Å²) in [6.45, 7) is 11.7. The van der Waals surface area contributed by atoms with Crippen LogP contribution in [0.2, 0.25) is 0 Å². The molecule has 2 aromatic heterocycles. The number of allylic oxidation sites excluding steroid dienone is 4. The fraction of sp³-hybridized carbons (Fsp3) is 0.333. The van der Waals surface area contributed by atoms with E-state index in [0.717, 1.165) is 0 Å². The molecular weight excluding hydrogens is 472 g/mol. The molecule has 1 fully saturated rings. The van der Waals surface area contributed by atoms with E-state index >= 15 is 0 Å². The molecule has 0 atom stereocenters. The first-order valence-electron chi connectivity index (χ1n) is 10.9. The molecule has 2 heterocycles. The van der Waals surface area contributed by atoms with Gasteiger partial charge in [-0.25, -0.2) is 9.97 Å². The third-order valence-corrected chi connectivity index (χ3v) is 8.48. The Morgan fingerprint density at radius 1 is 0.735 bits per heavy atom. The normalized spacial score (nSPS) is 22.2. The Labute approximate surface area is 203 Å². The molecule has 0 N–H and O–H groups in total. The van der Waals surface area contributed by atoms with E-state index in [0.29, 0.717) is 45.5 Å². The molecule has 10 heteroatoms. The highest BCUT2D eigenvalue weighted by Gasteiger charge is 2.43. The zero-order valence-electron chi connectivity index (χ0n) is 18.8. The van der Waals surface area contributed by atoms with Crippen LogP contribution < -0.4 is 0 Å². The van der Waals surface area contributed by atoms with Crippen LogP contribution in [0.1, 0.15) is 76.0 Å². The van der Waals surface area contributed by atoms with Crippen LogP contribution in [0.25, 0.3) is 0 Å². The second-order valence-electron chi connectivity index (χ2n) is 8.67. The van der Waals surface area contributed by atoms with E-state index in [2.05, 4.69) is 23.4 Å². The number of thiazole rings is 2. The number of aromatic nitrogens is 2. The molecule has 2 aromatic rings. The molecule has 0 unspecified atom stereocenters. The maximum atomic E-state index is 12.9. The number of Topliss-reactive ketones (excluding diaryl/α,β-unsaturated/α-hetero) is 2. The summed E-state index contributed by atoms with van der Waals surface area (Å²) in [6.07, 6.45) is 5.49. The standard InChI is InChI=1S/C24H22N4O4S2/c1-11-25-19-21(31)15(9-17(29)23(19)33-11)27(3)13-5-7-14(8-6-13)28(4)16-10-18(30)24-20(22(16)32)26-12(2)34-24/h9-10,13-14H,3-8H2,1-2H3/q+2. The quantitative estimate of drug-likeness (QED) is 0.478. The molecule has 0 aromatic carbocycles. The van der Waals surface area contributed by atoms with Gasteiger partial charge in [0, 0.05) is 25.7 Å². The van der Waals surface area contributed by atoms with Crippen molar-refractivity contribution in [1.29, 1.82) is 0 Å². The van der Waals surface area contributed by atoms with E-state index in [1.807, 2.05) is 0 Å². The van der Waals surface area contributed by atoms with Gasteiger partial charge in [-0.15, -0.1) is 22.7 Å². The lowest BCUT2D eigenvalue weighted by Crippen LogP contribution is -2.39. The van der Waals surface area contributed by atoms with Gasteiger partial charge >= 0.3 is 0 Å². The molecule has 1 saturated carbocycles. The summed E-state index contributed by atoms with van der Waals surface area (Å²) >= 11 is 2.46. The Morgan fingerprint density at radius 2 is 1.09 bits per heavy atom. The van der Waals surface area contributed by atoms with E-state index in [1.165, 1.54) is 34.8 Å². The van der Waals surface area contributed by atoms with E-state index < -0.39 is 0 Å². The van der Waals surface area contributed by atoms with Crippen molar-refractivity contribution in [2.75, 3.05) is 0 Å². The lowest BCUT2D eigenvalue weighted by atomic mass is 9.88. The molecule has 0 aliphatic heterocycles. The van der Waals surface area contributed by atoms with E-state index in [-0.39, 0.29) is 58.0 Å². The van der Waals surface area contributed by atoms with E-state index in [4.69, 9.17) is 0 Å². The topological polar surface area (TPSA) is 100 Å². The first kappa shape index (κ1) is 22.5. The summed E-state index contributed by atoms with van der Waals surface area (Å²) < 4.78 is 3.28. The monoisotopic (exact) mass is 494 g/mol. The van der Waals surface area contributed by atoms with Gasteiger partial charge in [0.15, 0.2) is 12.1 Å². The van der Waals surface area contributed by atoms with Crippen molar-refractivity contribution in [3.8, 4) is 0 Å². The number of fused-ring (bicyclic) bond motifs is 2. The van der Waals surface area contributed by atoms with Crippen molar-refractivity contribution < 1.29 is 28.3 Å². The molecule has 3 aliphatic rings. The number of ketones is 4. The number of carbonyl (C=O) groups excluding carboxylic acids is 4. The van der Waals surface area contributed by atoms with Crippen LogP contribution in [-0.4, -0.2) is 67.8 Å². The first-order chi connectivity index (χ1) is 16.2. The predicted octanol–water partition coefficient (Wildman–Crippen LogP) is 3.18. The second-order valence-corrected chi connectivity index (χ2v) is 11.1. The SMILES string of the molecule is C=[N+](C1=CC(=O)c2sc(C)nc2C1=O)C1CCC([N+](=C)C2=CC(=O)c3sc(C)nc3C2=O)CC1. The number of hydrogen-bond acceptors (Lipinski definition) is 8. The highest BCUT2D eigenvalue weighted by atomic mass is 32.1. The summed E-state index contributed by atoms with van der Waals surface area (Å²) in [4.78, 5) is 60.2. The first-order valence-corrected chi connectivity index (χ1v) is 12.5. The summed E-state index contributed by atoms with van der Waals surface area (Å²) in [5.41, 5.74) is 0.945. The number of nitrogens with zero attached hydrogens (tertiary/aromatic N) is 4. The molecule has 5 rings (SSSR count). The van der Waals surface area contributed by atoms with Gasteiger partial charge in [-0.2, -0.15) is 9.15 Å². The van der Waals surface area contributed by atoms with Crippen LogP contribution in [0.5, 0.6) is 0 Å². The van der Waals surface area contributed by atoms with Gasteiger partial charge < -0.3 is 0 Å². The van der Waals surface area contributed by atoms with Crippen molar-refractivity contribution in [3.63, 3.8) is 0 Å². The van der Waals surface area contributed by atoms with Crippen LogP contribution in [0.15, 0.2) is 23.5 Å². The Kier molecular flexibility index (Phi) is 5.44. The number of hydrogen-bond donors (Lipinski definition) is 0. The molecular formula is C24H22N4O4S2+2. The van der Waals surface area contributed by atoms with Crippen molar-refractivity contribution in [2.45, 2.75) is 51.6 Å². The summed E-state index contributed by atoms with van der Waals surface area (Å²) in [5.74, 6) is -0.988. The predicted molar refractivity (Wildman–Crippen MR) is 128 cm³/mol. The minimum absolute atomic E-state index is 0.0422. The van der Waals surface area contributed by atoms with Crippen LogP contribution in [0.3, 0.4) is 0 Å². The van der Waals surface area contributed by atoms with Crippen molar-refractivity contribution >= 4 is 59.2 Å². The lowest BCUT2D eigenvalue weighted by Gasteiger charge is -2.25. The molecule has 8 nitrogen and oxygen atoms in total. The Hall–Kier alpha value is -3.24. The average Bonchev–Trinajstić information content (AvgIpc) is 3.41. The summed E-state index contributed by atoms with van der Waals surface area (Å²) in [6, 6.07) is -0.0845. The Balaban J connectivity index is 1.28. The van der Waals surface area contributed by atoms with Gasteiger partial charge in [0.25, 0.3) is 23.0 Å². The van der Waals surface area contributed by atoms with Crippen LogP contribution in [-0.2, 0) is 0 Å². The zero-order valence-corrected chi connectivity index (χ0v) is 20.4. The third-order valence-electron chi connectivity index (χ3n) is 6.51. The molecule has 0 spiro atoms. The minimum Gasteiger partial charge on any atom is -0.288 e. The smallest absolute Gasteiger partial charge is 0.276 e. The number of rotatable bonds is 4. The molecule has 0 radical (unpaired) electrons. The average molecular weight is 495 g/mol. The van der Waals surface area contributed by atoms with Crippen LogP contribution in [0.4, 0.5) is 0 Å². The largest absolute Gasteiger partial charge is 0.288 e.